The van der Waals surface area contributed by atoms with E-state index in [9.17, 15) is 15.0 Å². The van der Waals surface area contributed by atoms with Crippen LogP contribution in [0.1, 0.15) is 23.7 Å². The van der Waals surface area contributed by atoms with Gasteiger partial charge >= 0.3 is 0 Å². The third-order valence-electron chi connectivity index (χ3n) is 4.26. The van der Waals surface area contributed by atoms with Crippen LogP contribution in [-0.2, 0) is 7.05 Å². The Kier molecular flexibility index (Phi) is 3.22. The van der Waals surface area contributed by atoms with Crippen LogP contribution >= 0.6 is 0 Å². The van der Waals surface area contributed by atoms with E-state index in [1.807, 2.05) is 17.7 Å². The van der Waals surface area contributed by atoms with Crippen molar-refractivity contribution >= 4 is 16.9 Å². The predicted octanol–water partition coefficient (Wildman–Crippen LogP) is 0.531. The summed E-state index contributed by atoms with van der Waals surface area (Å²) in [6.07, 6.45) is 1.15. The highest BCUT2D eigenvalue weighted by atomic mass is 16.3. The second kappa shape index (κ2) is 4.82. The number of likely N-dealkylation sites (tertiary alicyclic amines) is 1. The standard InChI is InChI=1S/C15H19N3O3/c1-15(21)5-6-18(8-13(15)19)14(20)10-3-4-12-11(7-10)16-9-17(12)2/h3-4,7,9,13,19,21H,5-6,8H2,1-2H3/t13-,15+/m1/s1. The van der Waals surface area contributed by atoms with Gasteiger partial charge in [-0.2, -0.15) is 0 Å². The summed E-state index contributed by atoms with van der Waals surface area (Å²) in [5.41, 5.74) is 1.16. The smallest absolute Gasteiger partial charge is 0.254 e. The molecule has 1 aliphatic rings. The number of rotatable bonds is 1. The van der Waals surface area contributed by atoms with Crippen LogP contribution in [0.25, 0.3) is 11.0 Å². The zero-order chi connectivity index (χ0) is 15.2. The molecule has 112 valence electrons. The lowest BCUT2D eigenvalue weighted by Gasteiger charge is -2.39. The van der Waals surface area contributed by atoms with E-state index >= 15 is 0 Å². The maximum absolute atomic E-state index is 12.5. The number of aliphatic hydroxyl groups excluding tert-OH is 1. The van der Waals surface area contributed by atoms with Crippen LogP contribution in [0.5, 0.6) is 0 Å². The third-order valence-corrected chi connectivity index (χ3v) is 4.26. The summed E-state index contributed by atoms with van der Waals surface area (Å²) < 4.78 is 1.89. The van der Waals surface area contributed by atoms with Crippen LogP contribution in [0.3, 0.4) is 0 Å². The van der Waals surface area contributed by atoms with E-state index in [2.05, 4.69) is 4.98 Å². The maximum atomic E-state index is 12.5. The lowest BCUT2D eigenvalue weighted by Crippen LogP contribution is -2.55. The number of aromatic nitrogens is 2. The molecule has 0 aliphatic carbocycles. The number of hydrogen-bond donors (Lipinski definition) is 2. The van der Waals surface area contributed by atoms with Gasteiger partial charge in [-0.1, -0.05) is 0 Å². The van der Waals surface area contributed by atoms with Crippen molar-refractivity contribution in [1.29, 1.82) is 0 Å². The monoisotopic (exact) mass is 289 g/mol. The molecule has 0 bridgehead atoms. The molecule has 2 atom stereocenters. The number of amides is 1. The largest absolute Gasteiger partial charge is 0.388 e. The average Bonchev–Trinajstić information content (AvgIpc) is 2.82. The quantitative estimate of drug-likeness (QED) is 0.803. The first kappa shape index (κ1) is 14.0. The van der Waals surface area contributed by atoms with Crippen molar-refractivity contribution in [3.8, 4) is 0 Å². The molecule has 2 N–H and O–H groups in total. The third kappa shape index (κ3) is 2.41. The van der Waals surface area contributed by atoms with Crippen molar-refractivity contribution in [2.45, 2.75) is 25.0 Å². The normalized spacial score (nSPS) is 26.3. The second-order valence-corrected chi connectivity index (χ2v) is 5.93. The minimum atomic E-state index is -1.12. The number of β-amino-alcohol motifs (C(OH)–C–C–N with tert-alkyl or cyclic N) is 1. The first-order valence-corrected chi connectivity index (χ1v) is 6.99. The van der Waals surface area contributed by atoms with E-state index in [0.717, 1.165) is 11.0 Å². The van der Waals surface area contributed by atoms with E-state index in [-0.39, 0.29) is 12.5 Å². The van der Waals surface area contributed by atoms with Gasteiger partial charge in [0, 0.05) is 25.7 Å². The predicted molar refractivity (Wildman–Crippen MR) is 77.9 cm³/mol. The lowest BCUT2D eigenvalue weighted by atomic mass is 9.90. The zero-order valence-corrected chi connectivity index (χ0v) is 12.2. The number of benzene rings is 1. The van der Waals surface area contributed by atoms with Gasteiger partial charge in [-0.25, -0.2) is 4.98 Å². The van der Waals surface area contributed by atoms with Crippen LogP contribution in [0.2, 0.25) is 0 Å². The highest BCUT2D eigenvalue weighted by Crippen LogP contribution is 2.24. The average molecular weight is 289 g/mol. The SMILES string of the molecule is Cn1cnc2cc(C(=O)N3CC[C@](C)(O)[C@H](O)C3)ccc21. The van der Waals surface area contributed by atoms with Gasteiger partial charge in [-0.15, -0.1) is 0 Å². The molecule has 6 heteroatoms. The van der Waals surface area contributed by atoms with Crippen molar-refractivity contribution in [3.05, 3.63) is 30.1 Å². The molecular formula is C15H19N3O3. The van der Waals surface area contributed by atoms with Crippen molar-refractivity contribution in [3.63, 3.8) is 0 Å². The summed E-state index contributed by atoms with van der Waals surface area (Å²) in [5.74, 6) is -0.142. The number of carbonyl (C=O) groups is 1. The molecule has 1 aromatic carbocycles. The second-order valence-electron chi connectivity index (χ2n) is 5.93. The number of aryl methyl sites for hydroxylation is 1. The number of nitrogens with zero attached hydrogens (tertiary/aromatic N) is 3. The van der Waals surface area contributed by atoms with E-state index in [0.29, 0.717) is 18.5 Å². The van der Waals surface area contributed by atoms with E-state index in [1.54, 1.807) is 30.3 Å². The van der Waals surface area contributed by atoms with Gasteiger partial charge in [0.2, 0.25) is 0 Å². The number of imidazole rings is 1. The molecular weight excluding hydrogens is 270 g/mol. The minimum absolute atomic E-state index is 0.142. The Labute approximate surface area is 122 Å². The Morgan fingerprint density at radius 3 is 2.95 bits per heavy atom. The Bertz CT molecular complexity index is 693. The molecule has 2 heterocycles. The van der Waals surface area contributed by atoms with E-state index < -0.39 is 11.7 Å². The van der Waals surface area contributed by atoms with Gasteiger partial charge in [-0.05, 0) is 31.5 Å². The zero-order valence-electron chi connectivity index (χ0n) is 12.2. The van der Waals surface area contributed by atoms with Crippen LogP contribution in [-0.4, -0.2) is 55.4 Å². The molecule has 0 saturated carbocycles. The molecule has 0 radical (unpaired) electrons. The molecule has 0 spiro atoms. The molecule has 1 aromatic heterocycles. The fourth-order valence-electron chi connectivity index (χ4n) is 2.66. The van der Waals surface area contributed by atoms with Gasteiger partial charge < -0.3 is 19.7 Å². The number of hydrogen-bond acceptors (Lipinski definition) is 4. The minimum Gasteiger partial charge on any atom is -0.388 e. The maximum Gasteiger partial charge on any atom is 0.254 e. The topological polar surface area (TPSA) is 78.6 Å². The Morgan fingerprint density at radius 2 is 2.24 bits per heavy atom. The fraction of sp³-hybridized carbons (Fsp3) is 0.467. The molecule has 21 heavy (non-hydrogen) atoms. The van der Waals surface area contributed by atoms with E-state index in [1.165, 1.54) is 0 Å². The molecule has 1 fully saturated rings. The molecule has 6 nitrogen and oxygen atoms in total. The van der Waals surface area contributed by atoms with Crippen molar-refractivity contribution in [1.82, 2.24) is 14.5 Å². The molecule has 3 rings (SSSR count). The summed E-state index contributed by atoms with van der Waals surface area (Å²) in [6, 6.07) is 5.40. The van der Waals surface area contributed by atoms with Gasteiger partial charge in [0.1, 0.15) is 0 Å². The van der Waals surface area contributed by atoms with Crippen molar-refractivity contribution in [2.75, 3.05) is 13.1 Å². The summed E-state index contributed by atoms with van der Waals surface area (Å²) in [5, 5.41) is 19.9. The molecule has 2 aromatic rings. The molecule has 0 unspecified atom stereocenters. The van der Waals surface area contributed by atoms with Crippen LogP contribution in [0.4, 0.5) is 0 Å². The number of carbonyl (C=O) groups excluding carboxylic acids is 1. The van der Waals surface area contributed by atoms with Gasteiger partial charge in [0.25, 0.3) is 5.91 Å². The van der Waals surface area contributed by atoms with Crippen molar-refractivity contribution in [2.24, 2.45) is 7.05 Å². The summed E-state index contributed by atoms with van der Waals surface area (Å²) in [4.78, 5) is 18.3. The summed E-state index contributed by atoms with van der Waals surface area (Å²) in [6.45, 7) is 2.18. The molecule has 1 amide bonds. The van der Waals surface area contributed by atoms with Crippen LogP contribution in [0, 0.1) is 0 Å². The van der Waals surface area contributed by atoms with Gasteiger partial charge in [0.05, 0.1) is 29.1 Å². The van der Waals surface area contributed by atoms with E-state index in [4.69, 9.17) is 0 Å². The summed E-state index contributed by atoms with van der Waals surface area (Å²) >= 11 is 0. The number of aliphatic hydroxyl groups is 2. The Hall–Kier alpha value is -1.92. The fourth-order valence-corrected chi connectivity index (χ4v) is 2.66. The molecule has 1 aliphatic heterocycles. The molecule has 1 saturated heterocycles. The number of fused-ring (bicyclic) bond motifs is 1. The Morgan fingerprint density at radius 1 is 1.48 bits per heavy atom. The van der Waals surface area contributed by atoms with Gasteiger partial charge in [0.15, 0.2) is 0 Å². The van der Waals surface area contributed by atoms with Gasteiger partial charge in [-0.3, -0.25) is 4.79 Å². The highest BCUT2D eigenvalue weighted by Gasteiger charge is 2.38. The first-order valence-electron chi connectivity index (χ1n) is 6.99. The Balaban J connectivity index is 1.84. The first-order chi connectivity index (χ1) is 9.88. The lowest BCUT2D eigenvalue weighted by molar-refractivity contribution is -0.0999. The summed E-state index contributed by atoms with van der Waals surface area (Å²) in [7, 11) is 1.90. The van der Waals surface area contributed by atoms with Crippen LogP contribution < -0.4 is 0 Å². The highest BCUT2D eigenvalue weighted by molar-refractivity contribution is 5.97. The van der Waals surface area contributed by atoms with Crippen molar-refractivity contribution < 1.29 is 15.0 Å². The van der Waals surface area contributed by atoms with Crippen LogP contribution in [0.15, 0.2) is 24.5 Å². The number of piperidine rings is 1.